The summed E-state index contributed by atoms with van der Waals surface area (Å²) in [6, 6.07) is 9.96. The highest BCUT2D eigenvalue weighted by atomic mass is 16.6. The molecule has 0 aliphatic carbocycles. The van der Waals surface area contributed by atoms with Crippen molar-refractivity contribution in [3.8, 4) is 0 Å². The largest absolute Gasteiger partial charge is 0.519 e. The summed E-state index contributed by atoms with van der Waals surface area (Å²) >= 11 is 0. The molecule has 15 heavy (non-hydrogen) atoms. The van der Waals surface area contributed by atoms with E-state index >= 15 is 0 Å². The summed E-state index contributed by atoms with van der Waals surface area (Å²) in [4.78, 5) is 0. The van der Waals surface area contributed by atoms with Crippen LogP contribution < -0.4 is 0 Å². The van der Waals surface area contributed by atoms with Gasteiger partial charge in [-0.2, -0.15) is 0 Å². The zero-order valence-electron chi connectivity index (χ0n) is 9.53. The van der Waals surface area contributed by atoms with Crippen LogP contribution in [0.25, 0.3) is 0 Å². The molecule has 0 saturated carbocycles. The Kier molecular flexibility index (Phi) is 5.52. The SMILES string of the molecule is CCCOC(=[O+]CCC)c1ccccc1. The van der Waals surface area contributed by atoms with Crippen LogP contribution in [-0.2, 0) is 4.74 Å². The number of hydrogen-bond acceptors (Lipinski definition) is 1. The van der Waals surface area contributed by atoms with Gasteiger partial charge in [0.15, 0.2) is 13.2 Å². The summed E-state index contributed by atoms with van der Waals surface area (Å²) in [6.45, 7) is 5.58. The van der Waals surface area contributed by atoms with E-state index in [4.69, 9.17) is 9.16 Å². The van der Waals surface area contributed by atoms with Gasteiger partial charge in [-0.3, -0.25) is 0 Å². The van der Waals surface area contributed by atoms with E-state index < -0.39 is 0 Å². The molecule has 2 nitrogen and oxygen atoms in total. The Bertz CT molecular complexity index is 291. The third-order valence-electron chi connectivity index (χ3n) is 1.88. The van der Waals surface area contributed by atoms with Gasteiger partial charge in [-0.25, -0.2) is 0 Å². The third-order valence-corrected chi connectivity index (χ3v) is 1.88. The van der Waals surface area contributed by atoms with Crippen LogP contribution in [0.4, 0.5) is 0 Å². The highest BCUT2D eigenvalue weighted by Gasteiger charge is 2.16. The molecule has 0 saturated heterocycles. The van der Waals surface area contributed by atoms with Gasteiger partial charge in [0.2, 0.25) is 0 Å². The van der Waals surface area contributed by atoms with E-state index in [-0.39, 0.29) is 0 Å². The highest BCUT2D eigenvalue weighted by Crippen LogP contribution is 2.03. The summed E-state index contributed by atoms with van der Waals surface area (Å²) in [7, 11) is 0. The lowest BCUT2D eigenvalue weighted by atomic mass is 10.2. The van der Waals surface area contributed by atoms with E-state index in [9.17, 15) is 0 Å². The average Bonchev–Trinajstić information content (AvgIpc) is 2.30. The van der Waals surface area contributed by atoms with Crippen molar-refractivity contribution in [1.82, 2.24) is 0 Å². The average molecular weight is 207 g/mol. The first kappa shape index (κ1) is 11.8. The van der Waals surface area contributed by atoms with Crippen molar-refractivity contribution in [2.24, 2.45) is 0 Å². The molecule has 1 rings (SSSR count). The summed E-state index contributed by atoms with van der Waals surface area (Å²) < 4.78 is 11.1. The molecule has 1 aromatic rings. The molecular formula is C13H19O2+. The van der Waals surface area contributed by atoms with Crippen LogP contribution >= 0.6 is 0 Å². The minimum Gasteiger partial charge on any atom is -0.318 e. The van der Waals surface area contributed by atoms with Crippen molar-refractivity contribution >= 4 is 5.97 Å². The Morgan fingerprint density at radius 1 is 1.13 bits per heavy atom. The van der Waals surface area contributed by atoms with Gasteiger partial charge < -0.3 is 9.16 Å². The van der Waals surface area contributed by atoms with E-state index in [0.29, 0.717) is 19.2 Å². The molecule has 0 amide bonds. The van der Waals surface area contributed by atoms with E-state index in [1.165, 1.54) is 0 Å². The van der Waals surface area contributed by atoms with Crippen molar-refractivity contribution in [2.45, 2.75) is 26.7 Å². The standard InChI is InChI=1S/C13H19O2/c1-3-10-14-13(15-11-4-2)12-8-6-5-7-9-12/h5-9H,3-4,10-11H2,1-2H3/q+1. The Morgan fingerprint density at radius 2 is 1.87 bits per heavy atom. The van der Waals surface area contributed by atoms with Crippen molar-refractivity contribution in [2.75, 3.05) is 13.2 Å². The van der Waals surface area contributed by atoms with Gasteiger partial charge in [-0.05, 0) is 12.1 Å². The first-order valence-electron chi connectivity index (χ1n) is 5.56. The van der Waals surface area contributed by atoms with Crippen LogP contribution in [0, 0.1) is 0 Å². The molecule has 0 heterocycles. The second-order valence-corrected chi connectivity index (χ2v) is 3.35. The maximum atomic E-state index is 5.57. The van der Waals surface area contributed by atoms with E-state index in [2.05, 4.69) is 13.8 Å². The number of carbonyl (C=O) groups excluding carboxylic acids is 1. The Balaban J connectivity index is 2.72. The topological polar surface area (TPSA) is 20.5 Å². The fourth-order valence-electron chi connectivity index (χ4n) is 1.17. The molecule has 82 valence electrons. The van der Waals surface area contributed by atoms with Gasteiger partial charge in [0.25, 0.3) is 0 Å². The van der Waals surface area contributed by atoms with Crippen LogP contribution in [0.15, 0.2) is 30.3 Å². The third kappa shape index (κ3) is 4.15. The van der Waals surface area contributed by atoms with Crippen LogP contribution in [0.2, 0.25) is 0 Å². The lowest BCUT2D eigenvalue weighted by Gasteiger charge is -1.96. The second kappa shape index (κ2) is 7.04. The van der Waals surface area contributed by atoms with Crippen molar-refractivity contribution in [3.05, 3.63) is 35.9 Å². The minimum absolute atomic E-state index is 0.652. The summed E-state index contributed by atoms with van der Waals surface area (Å²) in [5.74, 6) is 0.652. The molecule has 0 radical (unpaired) electrons. The molecule has 0 aromatic heterocycles. The lowest BCUT2D eigenvalue weighted by molar-refractivity contribution is -0.284. The Hall–Kier alpha value is -1.31. The monoisotopic (exact) mass is 207 g/mol. The molecule has 0 bridgehead atoms. The molecule has 2 heteroatoms. The van der Waals surface area contributed by atoms with Crippen LogP contribution in [-0.4, -0.2) is 19.2 Å². The zero-order chi connectivity index (χ0) is 10.9. The number of rotatable bonds is 5. The minimum atomic E-state index is 0.652. The normalized spacial score (nSPS) is 11.5. The summed E-state index contributed by atoms with van der Waals surface area (Å²) in [5.41, 5.74) is 1.01. The predicted octanol–water partition coefficient (Wildman–Crippen LogP) is 3.20. The van der Waals surface area contributed by atoms with E-state index in [1.807, 2.05) is 30.3 Å². The van der Waals surface area contributed by atoms with Crippen LogP contribution in [0.5, 0.6) is 0 Å². The van der Waals surface area contributed by atoms with Gasteiger partial charge in [0.05, 0.1) is 0 Å². The first-order valence-corrected chi connectivity index (χ1v) is 5.56. The summed E-state index contributed by atoms with van der Waals surface area (Å²) in [5, 5.41) is 0. The van der Waals surface area contributed by atoms with Gasteiger partial charge in [-0.15, -0.1) is 0 Å². The lowest BCUT2D eigenvalue weighted by Crippen LogP contribution is -2.08. The maximum absolute atomic E-state index is 5.57. The molecule has 0 atom stereocenters. The fraction of sp³-hybridized carbons (Fsp3) is 0.462. The fourth-order valence-corrected chi connectivity index (χ4v) is 1.17. The van der Waals surface area contributed by atoms with Gasteiger partial charge in [0.1, 0.15) is 5.56 Å². The van der Waals surface area contributed by atoms with Crippen molar-refractivity contribution < 1.29 is 9.16 Å². The summed E-state index contributed by atoms with van der Waals surface area (Å²) in [6.07, 6.45) is 1.98. The predicted molar refractivity (Wildman–Crippen MR) is 62.2 cm³/mol. The quantitative estimate of drug-likeness (QED) is 0.536. The first-order chi connectivity index (χ1) is 7.38. The van der Waals surface area contributed by atoms with Crippen molar-refractivity contribution in [3.63, 3.8) is 0 Å². The number of ether oxygens (including phenoxy) is 1. The number of hydrogen-bond donors (Lipinski definition) is 0. The van der Waals surface area contributed by atoms with Crippen LogP contribution in [0.1, 0.15) is 36.7 Å². The molecule has 0 aliphatic heterocycles. The maximum Gasteiger partial charge on any atom is 0.519 e. The second-order valence-electron chi connectivity index (χ2n) is 3.35. The van der Waals surface area contributed by atoms with Gasteiger partial charge in [0, 0.05) is 12.8 Å². The van der Waals surface area contributed by atoms with Gasteiger partial charge >= 0.3 is 5.97 Å². The van der Waals surface area contributed by atoms with E-state index in [1.54, 1.807) is 0 Å². The zero-order valence-corrected chi connectivity index (χ0v) is 9.53. The number of benzene rings is 1. The highest BCUT2D eigenvalue weighted by molar-refractivity contribution is 5.89. The molecule has 0 spiro atoms. The smallest absolute Gasteiger partial charge is 0.318 e. The molecule has 0 N–H and O–H groups in total. The molecule has 0 fully saturated rings. The molecule has 1 aromatic carbocycles. The Morgan fingerprint density at radius 3 is 2.47 bits per heavy atom. The van der Waals surface area contributed by atoms with Crippen LogP contribution in [0.3, 0.4) is 0 Å². The van der Waals surface area contributed by atoms with Crippen molar-refractivity contribution in [1.29, 1.82) is 0 Å². The Labute approximate surface area is 91.6 Å². The number of esters is 1. The molecule has 0 aliphatic rings. The molecular weight excluding hydrogens is 188 g/mol. The molecule has 0 unspecified atom stereocenters. The van der Waals surface area contributed by atoms with E-state index in [0.717, 1.165) is 18.4 Å². The van der Waals surface area contributed by atoms with Gasteiger partial charge in [-0.1, -0.05) is 32.0 Å².